The van der Waals surface area contributed by atoms with Crippen LogP contribution in [0, 0.1) is 26.7 Å². The summed E-state index contributed by atoms with van der Waals surface area (Å²) in [6.45, 7) is 13.4. The molecule has 3 rings (SSSR count). The monoisotopic (exact) mass is 431 g/mol. The van der Waals surface area contributed by atoms with E-state index in [1.807, 2.05) is 13.1 Å². The first-order chi connectivity index (χ1) is 15.4. The molecule has 0 fully saturated rings. The number of rotatable bonds is 11. The highest BCUT2D eigenvalue weighted by Crippen LogP contribution is 2.30. The van der Waals surface area contributed by atoms with Crippen LogP contribution in [0.2, 0.25) is 0 Å². The van der Waals surface area contributed by atoms with Gasteiger partial charge in [-0.1, -0.05) is 65.0 Å². The maximum atomic E-state index is 4.86. The Labute approximate surface area is 195 Å². The van der Waals surface area contributed by atoms with Gasteiger partial charge in [0.25, 0.3) is 0 Å². The number of imidazole rings is 1. The second-order valence-electron chi connectivity index (χ2n) is 9.79. The first kappa shape index (κ1) is 24.2. The van der Waals surface area contributed by atoms with Gasteiger partial charge in [-0.3, -0.25) is 9.55 Å². The lowest BCUT2D eigenvalue weighted by Crippen LogP contribution is -2.09. The van der Waals surface area contributed by atoms with Gasteiger partial charge in [-0.25, -0.2) is 4.98 Å². The molecule has 3 nitrogen and oxygen atoms in total. The molecular formula is C29H41N3. The van der Waals surface area contributed by atoms with E-state index in [1.165, 1.54) is 73.0 Å². The van der Waals surface area contributed by atoms with Gasteiger partial charge in [0, 0.05) is 29.3 Å². The molecule has 2 heterocycles. The SMILES string of the molecule is CCCCCCCCc1cc(C)c(-n2c(CC(C)C)cnc2-c2ccc(C)nc2)c(C)c1. The summed E-state index contributed by atoms with van der Waals surface area (Å²) < 4.78 is 2.38. The predicted octanol–water partition coefficient (Wildman–Crippen LogP) is 7.96. The quantitative estimate of drug-likeness (QED) is 0.288. The Morgan fingerprint density at radius 1 is 0.844 bits per heavy atom. The molecule has 0 aliphatic heterocycles. The van der Waals surface area contributed by atoms with Crippen LogP contribution in [0.5, 0.6) is 0 Å². The van der Waals surface area contributed by atoms with Crippen LogP contribution in [0.15, 0.2) is 36.7 Å². The first-order valence-corrected chi connectivity index (χ1v) is 12.5. The van der Waals surface area contributed by atoms with Gasteiger partial charge in [0.2, 0.25) is 0 Å². The smallest absolute Gasteiger partial charge is 0.146 e. The minimum absolute atomic E-state index is 0.571. The number of unbranched alkanes of at least 4 members (excludes halogenated alkanes) is 5. The van der Waals surface area contributed by atoms with Gasteiger partial charge in [0.05, 0.1) is 5.69 Å². The van der Waals surface area contributed by atoms with Gasteiger partial charge in [0.15, 0.2) is 0 Å². The molecule has 0 spiro atoms. The van der Waals surface area contributed by atoms with E-state index in [-0.39, 0.29) is 0 Å². The second-order valence-corrected chi connectivity index (χ2v) is 9.79. The number of hydrogen-bond acceptors (Lipinski definition) is 2. The average molecular weight is 432 g/mol. The van der Waals surface area contributed by atoms with Crippen LogP contribution in [0.1, 0.15) is 87.4 Å². The summed E-state index contributed by atoms with van der Waals surface area (Å²) in [6, 6.07) is 8.99. The number of pyridine rings is 1. The highest BCUT2D eigenvalue weighted by Gasteiger charge is 2.18. The normalized spacial score (nSPS) is 11.5. The molecule has 0 aliphatic carbocycles. The minimum Gasteiger partial charge on any atom is -0.296 e. The summed E-state index contributed by atoms with van der Waals surface area (Å²) in [7, 11) is 0. The van der Waals surface area contributed by atoms with Crippen LogP contribution < -0.4 is 0 Å². The van der Waals surface area contributed by atoms with E-state index < -0.39 is 0 Å². The van der Waals surface area contributed by atoms with E-state index in [0.717, 1.165) is 23.5 Å². The standard InChI is InChI=1S/C29H41N3/c1-7-8-9-10-11-12-13-25-17-22(4)28(23(5)18-25)32-27(16-21(2)3)20-31-29(32)26-15-14-24(6)30-19-26/h14-15,17-21H,7-13,16H2,1-6H3. The van der Waals surface area contributed by atoms with Gasteiger partial charge in [0.1, 0.15) is 5.82 Å². The van der Waals surface area contributed by atoms with Gasteiger partial charge >= 0.3 is 0 Å². The van der Waals surface area contributed by atoms with Gasteiger partial charge < -0.3 is 0 Å². The third-order valence-corrected chi connectivity index (χ3v) is 6.22. The number of aryl methyl sites for hydroxylation is 4. The van der Waals surface area contributed by atoms with Crippen LogP contribution in [-0.4, -0.2) is 14.5 Å². The largest absolute Gasteiger partial charge is 0.296 e. The third kappa shape index (κ3) is 6.09. The molecule has 2 aromatic heterocycles. The van der Waals surface area contributed by atoms with Crippen molar-refractivity contribution >= 4 is 0 Å². The van der Waals surface area contributed by atoms with E-state index in [9.17, 15) is 0 Å². The number of hydrogen-bond donors (Lipinski definition) is 0. The molecule has 0 aliphatic rings. The Morgan fingerprint density at radius 2 is 1.53 bits per heavy atom. The van der Waals surface area contributed by atoms with E-state index in [0.29, 0.717) is 5.92 Å². The first-order valence-electron chi connectivity index (χ1n) is 12.5. The van der Waals surface area contributed by atoms with Crippen molar-refractivity contribution in [2.75, 3.05) is 0 Å². The lowest BCUT2D eigenvalue weighted by molar-refractivity contribution is 0.607. The zero-order chi connectivity index (χ0) is 23.1. The zero-order valence-corrected chi connectivity index (χ0v) is 21.0. The second kappa shape index (κ2) is 11.4. The van der Waals surface area contributed by atoms with Gasteiger partial charge in [-0.05, 0) is 74.8 Å². The minimum atomic E-state index is 0.571. The van der Waals surface area contributed by atoms with Crippen molar-refractivity contribution in [1.82, 2.24) is 14.5 Å². The molecule has 0 N–H and O–H groups in total. The summed E-state index contributed by atoms with van der Waals surface area (Å²) in [4.78, 5) is 9.38. The molecule has 0 unspecified atom stereocenters. The molecule has 1 aromatic carbocycles. The fourth-order valence-electron chi connectivity index (χ4n) is 4.65. The summed E-state index contributed by atoms with van der Waals surface area (Å²) in [5.74, 6) is 1.56. The lowest BCUT2D eigenvalue weighted by Gasteiger charge is -2.19. The van der Waals surface area contributed by atoms with Crippen molar-refractivity contribution in [1.29, 1.82) is 0 Å². The van der Waals surface area contributed by atoms with E-state index in [4.69, 9.17) is 4.98 Å². The Hall–Kier alpha value is -2.42. The van der Waals surface area contributed by atoms with E-state index in [2.05, 4.69) is 74.6 Å². The van der Waals surface area contributed by atoms with Crippen molar-refractivity contribution in [3.63, 3.8) is 0 Å². The van der Waals surface area contributed by atoms with Crippen LogP contribution in [0.4, 0.5) is 0 Å². The molecule has 0 atom stereocenters. The number of aromatic nitrogens is 3. The fourth-order valence-corrected chi connectivity index (χ4v) is 4.65. The zero-order valence-electron chi connectivity index (χ0n) is 21.0. The average Bonchev–Trinajstić information content (AvgIpc) is 3.13. The summed E-state index contributed by atoms with van der Waals surface area (Å²) in [6.07, 6.45) is 14.2. The van der Waals surface area contributed by atoms with Crippen molar-refractivity contribution in [2.24, 2.45) is 5.92 Å². The molecule has 0 saturated carbocycles. The molecule has 0 radical (unpaired) electrons. The molecule has 0 saturated heterocycles. The van der Waals surface area contributed by atoms with Crippen LogP contribution in [-0.2, 0) is 12.8 Å². The van der Waals surface area contributed by atoms with Crippen LogP contribution in [0.3, 0.4) is 0 Å². The predicted molar refractivity (Wildman–Crippen MR) is 137 cm³/mol. The van der Waals surface area contributed by atoms with Crippen molar-refractivity contribution in [2.45, 2.75) is 92.9 Å². The summed E-state index contributed by atoms with van der Waals surface area (Å²) in [5.41, 5.74) is 8.76. The highest BCUT2D eigenvalue weighted by molar-refractivity contribution is 5.62. The summed E-state index contributed by atoms with van der Waals surface area (Å²) in [5, 5.41) is 0. The Balaban J connectivity index is 1.92. The topological polar surface area (TPSA) is 30.7 Å². The highest BCUT2D eigenvalue weighted by atomic mass is 15.1. The molecule has 0 bridgehead atoms. The van der Waals surface area contributed by atoms with Crippen molar-refractivity contribution < 1.29 is 0 Å². The Kier molecular flexibility index (Phi) is 8.67. The Morgan fingerprint density at radius 3 is 2.16 bits per heavy atom. The van der Waals surface area contributed by atoms with Crippen LogP contribution in [0.25, 0.3) is 17.1 Å². The fraction of sp³-hybridized carbons (Fsp3) is 0.517. The maximum Gasteiger partial charge on any atom is 0.146 e. The Bertz CT molecular complexity index is 973. The van der Waals surface area contributed by atoms with Gasteiger partial charge in [-0.15, -0.1) is 0 Å². The number of benzene rings is 1. The molecule has 32 heavy (non-hydrogen) atoms. The molecule has 3 aromatic rings. The molecule has 3 heteroatoms. The van der Waals surface area contributed by atoms with Gasteiger partial charge in [-0.2, -0.15) is 0 Å². The maximum absolute atomic E-state index is 4.86. The molecule has 172 valence electrons. The molecular weight excluding hydrogens is 390 g/mol. The van der Waals surface area contributed by atoms with Crippen molar-refractivity contribution in [3.8, 4) is 17.1 Å². The van der Waals surface area contributed by atoms with E-state index >= 15 is 0 Å². The lowest BCUT2D eigenvalue weighted by atomic mass is 9.98. The molecule has 0 amide bonds. The number of nitrogens with zero attached hydrogens (tertiary/aromatic N) is 3. The summed E-state index contributed by atoms with van der Waals surface area (Å²) >= 11 is 0. The van der Waals surface area contributed by atoms with Crippen molar-refractivity contribution in [3.05, 3.63) is 64.7 Å². The third-order valence-electron chi connectivity index (χ3n) is 6.22. The van der Waals surface area contributed by atoms with E-state index in [1.54, 1.807) is 0 Å². The van der Waals surface area contributed by atoms with Crippen LogP contribution >= 0.6 is 0 Å².